The van der Waals surface area contributed by atoms with E-state index in [4.69, 9.17) is 0 Å². The second-order valence-corrected chi connectivity index (χ2v) is 6.79. The topological polar surface area (TPSA) is 80.3 Å². The fourth-order valence-corrected chi connectivity index (χ4v) is 3.29. The molecule has 0 aliphatic heterocycles. The van der Waals surface area contributed by atoms with Crippen LogP contribution in [0.15, 0.2) is 42.6 Å². The number of ether oxygens (including phenoxy) is 1. The molecule has 27 heavy (non-hydrogen) atoms. The van der Waals surface area contributed by atoms with Crippen molar-refractivity contribution in [1.82, 2.24) is 4.98 Å². The molecule has 1 aromatic carbocycles. The monoisotopic (exact) mass is 367 g/mol. The number of esters is 1. The summed E-state index contributed by atoms with van der Waals surface area (Å²) in [6.45, 7) is 0. The highest BCUT2D eigenvalue weighted by Crippen LogP contribution is 2.21. The Morgan fingerprint density at radius 3 is 2.37 bits per heavy atom. The average molecular weight is 367 g/mol. The maximum Gasteiger partial charge on any atom is 0.337 e. The highest BCUT2D eigenvalue weighted by molar-refractivity contribution is 6.04. The van der Waals surface area contributed by atoms with Gasteiger partial charge in [-0.15, -0.1) is 0 Å². The number of carbonyl (C=O) groups is 2. The number of methoxy groups -OCH3 is 1. The summed E-state index contributed by atoms with van der Waals surface area (Å²) in [6, 6.07) is 10.5. The lowest BCUT2D eigenvalue weighted by Crippen LogP contribution is -2.20. The van der Waals surface area contributed by atoms with Gasteiger partial charge in [-0.25, -0.2) is 9.78 Å². The fourth-order valence-electron chi connectivity index (χ4n) is 3.29. The first-order valence-corrected chi connectivity index (χ1v) is 9.38. The van der Waals surface area contributed by atoms with Crippen LogP contribution in [0.5, 0.6) is 0 Å². The molecule has 1 saturated carbocycles. The molecule has 0 radical (unpaired) electrons. The van der Waals surface area contributed by atoms with Gasteiger partial charge in [0.2, 0.25) is 0 Å². The fraction of sp³-hybridized carbons (Fsp3) is 0.381. The number of rotatable bonds is 5. The van der Waals surface area contributed by atoms with E-state index in [1.165, 1.54) is 32.8 Å². The molecule has 0 unspecified atom stereocenters. The van der Waals surface area contributed by atoms with Crippen LogP contribution in [-0.2, 0) is 4.74 Å². The van der Waals surface area contributed by atoms with Gasteiger partial charge in [0.05, 0.1) is 12.7 Å². The first kappa shape index (κ1) is 18.9. The third kappa shape index (κ3) is 5.29. The third-order valence-corrected chi connectivity index (χ3v) is 4.79. The van der Waals surface area contributed by atoms with Crippen molar-refractivity contribution in [3.05, 3.63) is 53.7 Å². The number of benzene rings is 1. The Morgan fingerprint density at radius 1 is 1.00 bits per heavy atom. The molecule has 0 spiro atoms. The van der Waals surface area contributed by atoms with E-state index in [0.29, 0.717) is 22.9 Å². The van der Waals surface area contributed by atoms with Crippen molar-refractivity contribution in [2.24, 2.45) is 0 Å². The quantitative estimate of drug-likeness (QED) is 0.610. The molecule has 2 N–H and O–H groups in total. The van der Waals surface area contributed by atoms with Crippen molar-refractivity contribution >= 4 is 23.4 Å². The molecule has 142 valence electrons. The minimum atomic E-state index is -0.406. The third-order valence-electron chi connectivity index (χ3n) is 4.79. The molecular formula is C21H25N3O3. The van der Waals surface area contributed by atoms with Crippen LogP contribution < -0.4 is 10.6 Å². The number of nitrogens with zero attached hydrogens (tertiary/aromatic N) is 1. The lowest BCUT2D eigenvalue weighted by Gasteiger charge is -2.17. The second-order valence-electron chi connectivity index (χ2n) is 6.79. The molecule has 1 aliphatic rings. The zero-order valence-corrected chi connectivity index (χ0v) is 15.5. The SMILES string of the molecule is COC(=O)c1ccc(NC(=O)c2ccnc(NC3CCCCCC3)c2)cc1. The summed E-state index contributed by atoms with van der Waals surface area (Å²) in [5, 5.41) is 6.30. The van der Waals surface area contributed by atoms with Gasteiger partial charge in [-0.1, -0.05) is 25.7 Å². The van der Waals surface area contributed by atoms with Gasteiger partial charge < -0.3 is 15.4 Å². The number of aromatic nitrogens is 1. The van der Waals surface area contributed by atoms with E-state index in [2.05, 4.69) is 20.4 Å². The molecule has 1 aliphatic carbocycles. The van der Waals surface area contributed by atoms with Crippen LogP contribution in [0.25, 0.3) is 0 Å². The molecular weight excluding hydrogens is 342 g/mol. The second kappa shape index (κ2) is 9.16. The number of amides is 1. The molecule has 1 amide bonds. The molecule has 0 bridgehead atoms. The maximum absolute atomic E-state index is 12.5. The van der Waals surface area contributed by atoms with Crippen molar-refractivity contribution in [2.45, 2.75) is 44.6 Å². The van der Waals surface area contributed by atoms with Crippen molar-refractivity contribution in [2.75, 3.05) is 17.7 Å². The van der Waals surface area contributed by atoms with Gasteiger partial charge in [0.25, 0.3) is 5.91 Å². The molecule has 1 heterocycles. The van der Waals surface area contributed by atoms with Gasteiger partial charge in [0, 0.05) is 23.5 Å². The van der Waals surface area contributed by atoms with Gasteiger partial charge in [-0.2, -0.15) is 0 Å². The molecule has 6 heteroatoms. The van der Waals surface area contributed by atoms with Crippen molar-refractivity contribution < 1.29 is 14.3 Å². The van der Waals surface area contributed by atoms with Gasteiger partial charge >= 0.3 is 5.97 Å². The standard InChI is InChI=1S/C21H25N3O3/c1-27-21(26)15-8-10-18(11-9-15)24-20(25)16-12-13-22-19(14-16)23-17-6-4-2-3-5-7-17/h8-14,17H,2-7H2,1H3,(H,22,23)(H,24,25). The number of hydrogen-bond acceptors (Lipinski definition) is 5. The Balaban J connectivity index is 1.63. The van der Waals surface area contributed by atoms with E-state index >= 15 is 0 Å². The summed E-state index contributed by atoms with van der Waals surface area (Å²) >= 11 is 0. The normalized spacial score (nSPS) is 14.9. The first-order chi connectivity index (χ1) is 13.2. The molecule has 6 nitrogen and oxygen atoms in total. The number of pyridine rings is 1. The number of anilines is 2. The molecule has 2 aromatic rings. The van der Waals surface area contributed by atoms with E-state index in [0.717, 1.165) is 18.7 Å². The largest absolute Gasteiger partial charge is 0.465 e. The van der Waals surface area contributed by atoms with Crippen LogP contribution in [0.2, 0.25) is 0 Å². The number of carbonyl (C=O) groups excluding carboxylic acids is 2. The van der Waals surface area contributed by atoms with Crippen LogP contribution in [0.4, 0.5) is 11.5 Å². The van der Waals surface area contributed by atoms with Crippen LogP contribution in [0, 0.1) is 0 Å². The predicted octanol–water partition coefficient (Wildman–Crippen LogP) is 4.26. The summed E-state index contributed by atoms with van der Waals surface area (Å²) in [5.41, 5.74) is 1.59. The Hall–Kier alpha value is -2.89. The minimum Gasteiger partial charge on any atom is -0.465 e. The van der Waals surface area contributed by atoms with Crippen LogP contribution in [0.3, 0.4) is 0 Å². The van der Waals surface area contributed by atoms with Crippen LogP contribution in [0.1, 0.15) is 59.2 Å². The van der Waals surface area contributed by atoms with Crippen molar-refractivity contribution in [1.29, 1.82) is 0 Å². The van der Waals surface area contributed by atoms with Gasteiger partial charge in [-0.3, -0.25) is 4.79 Å². The van der Waals surface area contributed by atoms with Crippen molar-refractivity contribution in [3.63, 3.8) is 0 Å². The molecule has 3 rings (SSSR count). The molecule has 1 fully saturated rings. The highest BCUT2D eigenvalue weighted by Gasteiger charge is 2.14. The summed E-state index contributed by atoms with van der Waals surface area (Å²) in [7, 11) is 1.34. The summed E-state index contributed by atoms with van der Waals surface area (Å²) in [4.78, 5) is 28.3. The van der Waals surface area contributed by atoms with Crippen LogP contribution >= 0.6 is 0 Å². The van der Waals surface area contributed by atoms with E-state index < -0.39 is 5.97 Å². The Kier molecular flexibility index (Phi) is 6.41. The molecule has 1 aromatic heterocycles. The number of hydrogen-bond donors (Lipinski definition) is 2. The minimum absolute atomic E-state index is 0.216. The average Bonchev–Trinajstić information content (AvgIpc) is 2.97. The van der Waals surface area contributed by atoms with Gasteiger partial charge in [0.1, 0.15) is 5.82 Å². The molecule has 0 saturated heterocycles. The Bertz CT molecular complexity index is 782. The maximum atomic E-state index is 12.5. The summed E-state index contributed by atoms with van der Waals surface area (Å²) in [6.07, 6.45) is 8.99. The molecule has 0 atom stereocenters. The number of nitrogens with one attached hydrogen (secondary N) is 2. The van der Waals surface area contributed by atoms with Crippen molar-refractivity contribution in [3.8, 4) is 0 Å². The summed E-state index contributed by atoms with van der Waals surface area (Å²) in [5.74, 6) is 0.110. The zero-order chi connectivity index (χ0) is 19.1. The smallest absolute Gasteiger partial charge is 0.337 e. The summed E-state index contributed by atoms with van der Waals surface area (Å²) < 4.78 is 4.67. The zero-order valence-electron chi connectivity index (χ0n) is 15.5. The predicted molar refractivity (Wildman–Crippen MR) is 105 cm³/mol. The van der Waals surface area contributed by atoms with Crippen LogP contribution in [-0.4, -0.2) is 30.0 Å². The highest BCUT2D eigenvalue weighted by atomic mass is 16.5. The van der Waals surface area contributed by atoms with E-state index in [9.17, 15) is 9.59 Å². The lowest BCUT2D eigenvalue weighted by molar-refractivity contribution is 0.0600. The van der Waals surface area contributed by atoms with Gasteiger partial charge in [-0.05, 0) is 49.2 Å². The van der Waals surface area contributed by atoms with E-state index in [1.54, 1.807) is 42.6 Å². The Labute approximate surface area is 159 Å². The first-order valence-electron chi connectivity index (χ1n) is 9.38. The van der Waals surface area contributed by atoms with E-state index in [1.807, 2.05) is 0 Å². The van der Waals surface area contributed by atoms with E-state index in [-0.39, 0.29) is 5.91 Å². The van der Waals surface area contributed by atoms with Gasteiger partial charge in [0.15, 0.2) is 0 Å². The lowest BCUT2D eigenvalue weighted by atomic mass is 10.1. The Morgan fingerprint density at radius 2 is 1.70 bits per heavy atom.